The van der Waals surface area contributed by atoms with E-state index in [4.69, 9.17) is 4.74 Å². The second-order valence-corrected chi connectivity index (χ2v) is 6.14. The molecule has 0 spiro atoms. The molecule has 0 saturated carbocycles. The summed E-state index contributed by atoms with van der Waals surface area (Å²) in [7, 11) is 0. The van der Waals surface area contributed by atoms with E-state index in [-0.39, 0.29) is 17.4 Å². The number of rotatable bonds is 2. The van der Waals surface area contributed by atoms with E-state index in [2.05, 4.69) is 12.2 Å². The lowest BCUT2D eigenvalue weighted by atomic mass is 9.83. The van der Waals surface area contributed by atoms with Crippen molar-refractivity contribution in [3.05, 3.63) is 0 Å². The van der Waals surface area contributed by atoms with E-state index in [1.165, 1.54) is 0 Å². The number of carbonyl (C=O) groups excluding carboxylic acids is 2. The molecule has 5 heteroatoms. The van der Waals surface area contributed by atoms with Crippen molar-refractivity contribution in [1.29, 1.82) is 0 Å². The van der Waals surface area contributed by atoms with Crippen molar-refractivity contribution in [2.24, 2.45) is 0 Å². The zero-order valence-corrected chi connectivity index (χ0v) is 12.3. The standard InChI is InChI=1S/C14H24N2O3/c1-5-14(4)12(18)16(10(2)11(17)15-14)13(3)6-8-19-9-7-13/h10H,5-9H2,1-4H3,(H,15,17). The van der Waals surface area contributed by atoms with Gasteiger partial charge in [-0.2, -0.15) is 0 Å². The Balaban J connectivity index is 2.35. The summed E-state index contributed by atoms with van der Waals surface area (Å²) < 4.78 is 5.39. The van der Waals surface area contributed by atoms with E-state index in [1.807, 2.05) is 20.8 Å². The minimum absolute atomic E-state index is 0.0338. The molecule has 0 aromatic heterocycles. The molecule has 0 bridgehead atoms. The third-order valence-electron chi connectivity index (χ3n) is 4.72. The van der Waals surface area contributed by atoms with Crippen LogP contribution < -0.4 is 5.32 Å². The molecular weight excluding hydrogens is 244 g/mol. The van der Waals surface area contributed by atoms with Crippen molar-refractivity contribution < 1.29 is 14.3 Å². The molecule has 19 heavy (non-hydrogen) atoms. The SMILES string of the molecule is CCC1(C)NC(=O)C(C)N(C2(C)CCOCC2)C1=O. The number of carbonyl (C=O) groups is 2. The molecular formula is C14H24N2O3. The third kappa shape index (κ3) is 2.24. The molecule has 0 aliphatic carbocycles. The molecule has 2 unspecified atom stereocenters. The Morgan fingerprint density at radius 1 is 1.32 bits per heavy atom. The summed E-state index contributed by atoms with van der Waals surface area (Å²) >= 11 is 0. The molecule has 2 rings (SSSR count). The summed E-state index contributed by atoms with van der Waals surface area (Å²) in [5, 5.41) is 2.87. The lowest BCUT2D eigenvalue weighted by Crippen LogP contribution is -2.73. The van der Waals surface area contributed by atoms with Gasteiger partial charge in [0.25, 0.3) is 0 Å². The number of nitrogens with zero attached hydrogens (tertiary/aromatic N) is 1. The van der Waals surface area contributed by atoms with E-state index >= 15 is 0 Å². The van der Waals surface area contributed by atoms with Crippen LogP contribution in [0.3, 0.4) is 0 Å². The molecule has 2 aliphatic heterocycles. The fraction of sp³-hybridized carbons (Fsp3) is 0.857. The average Bonchev–Trinajstić information content (AvgIpc) is 2.37. The first-order chi connectivity index (χ1) is 8.84. The van der Waals surface area contributed by atoms with Gasteiger partial charge < -0.3 is 15.0 Å². The van der Waals surface area contributed by atoms with Gasteiger partial charge in [-0.05, 0) is 40.0 Å². The first-order valence-electron chi connectivity index (χ1n) is 7.07. The molecule has 1 N–H and O–H groups in total. The van der Waals surface area contributed by atoms with Crippen molar-refractivity contribution in [3.8, 4) is 0 Å². The van der Waals surface area contributed by atoms with E-state index in [9.17, 15) is 9.59 Å². The second kappa shape index (κ2) is 4.78. The van der Waals surface area contributed by atoms with Gasteiger partial charge in [0.2, 0.25) is 11.8 Å². The van der Waals surface area contributed by atoms with Crippen molar-refractivity contribution in [1.82, 2.24) is 10.2 Å². The molecule has 108 valence electrons. The summed E-state index contributed by atoms with van der Waals surface area (Å²) in [5.74, 6) is -0.0248. The smallest absolute Gasteiger partial charge is 0.249 e. The van der Waals surface area contributed by atoms with Gasteiger partial charge in [0.1, 0.15) is 11.6 Å². The highest BCUT2D eigenvalue weighted by Gasteiger charge is 2.51. The maximum absolute atomic E-state index is 12.8. The van der Waals surface area contributed by atoms with Crippen molar-refractivity contribution in [3.63, 3.8) is 0 Å². The molecule has 0 aromatic rings. The highest BCUT2D eigenvalue weighted by molar-refractivity contribution is 5.99. The molecule has 2 amide bonds. The summed E-state index contributed by atoms with van der Waals surface area (Å²) in [4.78, 5) is 26.8. The Hall–Kier alpha value is -1.10. The fourth-order valence-electron chi connectivity index (χ4n) is 2.99. The minimum Gasteiger partial charge on any atom is -0.381 e. The Kier molecular flexibility index (Phi) is 3.60. The number of piperazine rings is 1. The Bertz CT molecular complexity index is 390. The quantitative estimate of drug-likeness (QED) is 0.815. The summed E-state index contributed by atoms with van der Waals surface area (Å²) in [5.41, 5.74) is -1.05. The normalized spacial score (nSPS) is 35.2. The van der Waals surface area contributed by atoms with Gasteiger partial charge >= 0.3 is 0 Å². The van der Waals surface area contributed by atoms with Crippen LogP contribution in [0.25, 0.3) is 0 Å². The number of nitrogens with one attached hydrogen (secondary N) is 1. The fourth-order valence-corrected chi connectivity index (χ4v) is 2.99. The van der Waals surface area contributed by atoms with Gasteiger partial charge in [0.15, 0.2) is 0 Å². The number of hydrogen-bond donors (Lipinski definition) is 1. The lowest BCUT2D eigenvalue weighted by molar-refractivity contribution is -0.165. The van der Waals surface area contributed by atoms with Gasteiger partial charge in [0.05, 0.1) is 0 Å². The topological polar surface area (TPSA) is 58.6 Å². The summed E-state index contributed by atoms with van der Waals surface area (Å²) in [6, 6.07) is -0.407. The Labute approximate surface area is 114 Å². The average molecular weight is 268 g/mol. The minimum atomic E-state index is -0.773. The molecule has 2 saturated heterocycles. The van der Waals surface area contributed by atoms with Crippen LogP contribution in [0, 0.1) is 0 Å². The monoisotopic (exact) mass is 268 g/mol. The van der Waals surface area contributed by atoms with Crippen LogP contribution in [0.1, 0.15) is 47.0 Å². The molecule has 0 radical (unpaired) electrons. The maximum atomic E-state index is 12.8. The molecule has 0 aromatic carbocycles. The third-order valence-corrected chi connectivity index (χ3v) is 4.72. The van der Waals surface area contributed by atoms with Gasteiger partial charge in [-0.15, -0.1) is 0 Å². The van der Waals surface area contributed by atoms with Gasteiger partial charge in [-0.1, -0.05) is 6.92 Å². The van der Waals surface area contributed by atoms with Crippen molar-refractivity contribution in [2.45, 2.75) is 64.1 Å². The van der Waals surface area contributed by atoms with Crippen LogP contribution in [0.15, 0.2) is 0 Å². The molecule has 5 nitrogen and oxygen atoms in total. The number of amides is 2. The zero-order valence-electron chi connectivity index (χ0n) is 12.3. The first kappa shape index (κ1) is 14.3. The lowest BCUT2D eigenvalue weighted by Gasteiger charge is -2.52. The van der Waals surface area contributed by atoms with Crippen LogP contribution >= 0.6 is 0 Å². The molecule has 2 heterocycles. The highest BCUT2D eigenvalue weighted by Crippen LogP contribution is 2.34. The predicted molar refractivity (Wildman–Crippen MR) is 71.6 cm³/mol. The Morgan fingerprint density at radius 3 is 2.42 bits per heavy atom. The van der Waals surface area contributed by atoms with E-state index in [1.54, 1.807) is 4.90 Å². The molecule has 2 fully saturated rings. The first-order valence-corrected chi connectivity index (χ1v) is 7.07. The Morgan fingerprint density at radius 2 is 1.89 bits per heavy atom. The van der Waals surface area contributed by atoms with Crippen LogP contribution in [-0.2, 0) is 14.3 Å². The largest absolute Gasteiger partial charge is 0.381 e. The number of hydrogen-bond acceptors (Lipinski definition) is 3. The zero-order chi connectivity index (χ0) is 14.3. The van der Waals surface area contributed by atoms with E-state index in [0.717, 1.165) is 12.8 Å². The van der Waals surface area contributed by atoms with Crippen molar-refractivity contribution in [2.75, 3.05) is 13.2 Å². The van der Waals surface area contributed by atoms with Crippen LogP contribution in [-0.4, -0.2) is 47.0 Å². The molecule has 2 atom stereocenters. The molecule has 2 aliphatic rings. The van der Waals surface area contributed by atoms with Crippen LogP contribution in [0.2, 0.25) is 0 Å². The van der Waals surface area contributed by atoms with E-state index in [0.29, 0.717) is 19.6 Å². The van der Waals surface area contributed by atoms with Crippen LogP contribution in [0.4, 0.5) is 0 Å². The summed E-state index contributed by atoms with van der Waals surface area (Å²) in [6.45, 7) is 8.92. The van der Waals surface area contributed by atoms with E-state index < -0.39 is 11.6 Å². The summed E-state index contributed by atoms with van der Waals surface area (Å²) in [6.07, 6.45) is 2.18. The van der Waals surface area contributed by atoms with Gasteiger partial charge in [-0.25, -0.2) is 0 Å². The van der Waals surface area contributed by atoms with Gasteiger partial charge in [0, 0.05) is 18.8 Å². The second-order valence-electron chi connectivity index (χ2n) is 6.14. The van der Waals surface area contributed by atoms with Gasteiger partial charge in [-0.3, -0.25) is 9.59 Å². The maximum Gasteiger partial charge on any atom is 0.249 e. The highest BCUT2D eigenvalue weighted by atomic mass is 16.5. The predicted octanol–water partition coefficient (Wildman–Crippen LogP) is 1.07. The van der Waals surface area contributed by atoms with Crippen molar-refractivity contribution >= 4 is 11.8 Å². The number of ether oxygens (including phenoxy) is 1. The van der Waals surface area contributed by atoms with Crippen LogP contribution in [0.5, 0.6) is 0 Å².